The molecule has 0 bridgehead atoms. The van der Waals surface area contributed by atoms with Gasteiger partial charge in [-0.25, -0.2) is 15.0 Å². The van der Waals surface area contributed by atoms with Crippen LogP contribution >= 0.6 is 0 Å². The molecule has 0 radical (unpaired) electrons. The van der Waals surface area contributed by atoms with Gasteiger partial charge in [-0.3, -0.25) is 4.57 Å². The van der Waals surface area contributed by atoms with Gasteiger partial charge in [-0.2, -0.15) is 0 Å². The average molecular weight is 441 g/mol. The SMILES string of the molecule is CCCOc1ccc2c(c1)CCC2Nc1ncnc2c1ncn2C1OC(CO)C(O)C1O. The highest BCUT2D eigenvalue weighted by Gasteiger charge is 2.44. The maximum Gasteiger partial charge on any atom is 0.167 e. The molecule has 2 aliphatic rings. The number of rotatable bonds is 7. The van der Waals surface area contributed by atoms with Crippen LogP contribution in [0.5, 0.6) is 5.75 Å². The zero-order valence-corrected chi connectivity index (χ0v) is 17.8. The van der Waals surface area contributed by atoms with Crippen molar-refractivity contribution in [2.45, 2.75) is 56.8 Å². The predicted molar refractivity (Wildman–Crippen MR) is 115 cm³/mol. The van der Waals surface area contributed by atoms with E-state index in [9.17, 15) is 15.3 Å². The third kappa shape index (κ3) is 3.58. The monoisotopic (exact) mass is 441 g/mol. The molecule has 170 valence electrons. The van der Waals surface area contributed by atoms with Crippen LogP contribution in [0.3, 0.4) is 0 Å². The predicted octanol–water partition coefficient (Wildman–Crippen LogP) is 1.33. The van der Waals surface area contributed by atoms with Gasteiger partial charge in [-0.15, -0.1) is 0 Å². The van der Waals surface area contributed by atoms with Gasteiger partial charge in [0, 0.05) is 0 Å². The number of fused-ring (bicyclic) bond motifs is 2. The number of hydrogen-bond donors (Lipinski definition) is 4. The molecule has 0 spiro atoms. The van der Waals surface area contributed by atoms with E-state index in [1.54, 1.807) is 4.57 Å². The first-order chi connectivity index (χ1) is 15.6. The minimum Gasteiger partial charge on any atom is -0.494 e. The van der Waals surface area contributed by atoms with Crippen LogP contribution in [-0.4, -0.2) is 66.4 Å². The third-order valence-corrected chi connectivity index (χ3v) is 6.13. The minimum atomic E-state index is -1.21. The molecule has 32 heavy (non-hydrogen) atoms. The number of aliphatic hydroxyl groups excluding tert-OH is 3. The molecule has 0 saturated carbocycles. The molecular weight excluding hydrogens is 414 g/mol. The van der Waals surface area contributed by atoms with Crippen molar-refractivity contribution in [3.05, 3.63) is 42.0 Å². The number of aromatic nitrogens is 4. The molecule has 1 fully saturated rings. The largest absolute Gasteiger partial charge is 0.494 e. The number of imidazole rings is 1. The Kier molecular flexibility index (Phi) is 5.68. The number of nitrogens with one attached hydrogen (secondary N) is 1. The maximum atomic E-state index is 10.4. The molecule has 1 aromatic carbocycles. The Morgan fingerprint density at radius 1 is 1.22 bits per heavy atom. The van der Waals surface area contributed by atoms with Gasteiger partial charge in [0.1, 0.15) is 30.4 Å². The second-order valence-electron chi connectivity index (χ2n) is 8.22. The number of nitrogens with zero attached hydrogens (tertiary/aromatic N) is 4. The Morgan fingerprint density at radius 2 is 2.09 bits per heavy atom. The first-order valence-corrected chi connectivity index (χ1v) is 10.9. The number of anilines is 1. The number of aryl methyl sites for hydroxylation is 1. The molecule has 1 aliphatic heterocycles. The lowest BCUT2D eigenvalue weighted by atomic mass is 10.1. The van der Waals surface area contributed by atoms with E-state index in [1.165, 1.54) is 23.8 Å². The van der Waals surface area contributed by atoms with E-state index in [-0.39, 0.29) is 6.04 Å². The maximum absolute atomic E-state index is 10.4. The van der Waals surface area contributed by atoms with Crippen LogP contribution in [0.15, 0.2) is 30.9 Å². The Balaban J connectivity index is 1.39. The molecule has 2 aromatic heterocycles. The molecule has 10 heteroatoms. The average Bonchev–Trinajstić information content (AvgIpc) is 3.49. The molecule has 5 atom stereocenters. The molecule has 3 aromatic rings. The molecule has 4 N–H and O–H groups in total. The van der Waals surface area contributed by atoms with Crippen LogP contribution in [0.2, 0.25) is 0 Å². The van der Waals surface area contributed by atoms with Crippen molar-refractivity contribution in [3.8, 4) is 5.75 Å². The third-order valence-electron chi connectivity index (χ3n) is 6.13. The van der Waals surface area contributed by atoms with E-state index < -0.39 is 31.1 Å². The zero-order chi connectivity index (χ0) is 22.2. The molecular formula is C22H27N5O5. The van der Waals surface area contributed by atoms with Gasteiger partial charge in [-0.05, 0) is 42.5 Å². The summed E-state index contributed by atoms with van der Waals surface area (Å²) < 4.78 is 12.9. The van der Waals surface area contributed by atoms with Crippen molar-refractivity contribution in [1.82, 2.24) is 19.5 Å². The van der Waals surface area contributed by atoms with Crippen LogP contribution < -0.4 is 10.1 Å². The van der Waals surface area contributed by atoms with Crippen LogP contribution in [-0.2, 0) is 11.2 Å². The minimum absolute atomic E-state index is 0.0855. The molecule has 1 aliphatic carbocycles. The van der Waals surface area contributed by atoms with Gasteiger partial charge in [0.05, 0.1) is 25.6 Å². The van der Waals surface area contributed by atoms with Gasteiger partial charge in [0.15, 0.2) is 23.2 Å². The van der Waals surface area contributed by atoms with Crippen LogP contribution in [0.4, 0.5) is 5.82 Å². The second kappa shape index (κ2) is 8.62. The molecule has 10 nitrogen and oxygen atoms in total. The molecule has 1 saturated heterocycles. The second-order valence-corrected chi connectivity index (χ2v) is 8.22. The normalized spacial score (nSPS) is 27.1. The van der Waals surface area contributed by atoms with Crippen molar-refractivity contribution in [2.24, 2.45) is 0 Å². The zero-order valence-electron chi connectivity index (χ0n) is 17.8. The van der Waals surface area contributed by atoms with Crippen molar-refractivity contribution >= 4 is 17.0 Å². The first kappa shape index (κ1) is 21.1. The van der Waals surface area contributed by atoms with Crippen molar-refractivity contribution < 1.29 is 24.8 Å². The molecule has 5 rings (SSSR count). The summed E-state index contributed by atoms with van der Waals surface area (Å²) in [6.45, 7) is 2.40. The fourth-order valence-corrected chi connectivity index (χ4v) is 4.47. The van der Waals surface area contributed by atoms with Gasteiger partial charge in [-0.1, -0.05) is 13.0 Å². The van der Waals surface area contributed by atoms with Crippen molar-refractivity contribution in [3.63, 3.8) is 0 Å². The van der Waals surface area contributed by atoms with E-state index in [0.717, 1.165) is 25.0 Å². The number of hydrogen-bond acceptors (Lipinski definition) is 9. The summed E-state index contributed by atoms with van der Waals surface area (Å²) in [5.74, 6) is 1.48. The van der Waals surface area contributed by atoms with Crippen LogP contribution in [0.25, 0.3) is 11.2 Å². The van der Waals surface area contributed by atoms with E-state index in [2.05, 4.69) is 39.3 Å². The first-order valence-electron chi connectivity index (χ1n) is 10.9. The lowest BCUT2D eigenvalue weighted by Crippen LogP contribution is -2.33. The summed E-state index contributed by atoms with van der Waals surface area (Å²) >= 11 is 0. The highest BCUT2D eigenvalue weighted by atomic mass is 16.6. The Labute approximate surface area is 184 Å². The Bertz CT molecular complexity index is 1110. The van der Waals surface area contributed by atoms with Crippen molar-refractivity contribution in [1.29, 1.82) is 0 Å². The van der Waals surface area contributed by atoms with E-state index in [1.807, 2.05) is 6.07 Å². The summed E-state index contributed by atoms with van der Waals surface area (Å²) in [4.78, 5) is 13.1. The Hall–Kier alpha value is -2.79. The van der Waals surface area contributed by atoms with Gasteiger partial charge >= 0.3 is 0 Å². The summed E-state index contributed by atoms with van der Waals surface area (Å²) in [6, 6.07) is 6.29. The number of aliphatic hydroxyl groups is 3. The van der Waals surface area contributed by atoms with E-state index >= 15 is 0 Å². The highest BCUT2D eigenvalue weighted by Crippen LogP contribution is 2.37. The van der Waals surface area contributed by atoms with Gasteiger partial charge in [0.25, 0.3) is 0 Å². The Morgan fingerprint density at radius 3 is 2.88 bits per heavy atom. The summed E-state index contributed by atoms with van der Waals surface area (Å²) in [5.41, 5.74) is 3.49. The summed E-state index contributed by atoms with van der Waals surface area (Å²) in [5, 5.41) is 33.3. The van der Waals surface area contributed by atoms with Crippen molar-refractivity contribution in [2.75, 3.05) is 18.5 Å². The molecule has 0 amide bonds. The van der Waals surface area contributed by atoms with E-state index in [4.69, 9.17) is 9.47 Å². The quantitative estimate of drug-likeness (QED) is 0.428. The molecule has 3 heterocycles. The smallest absolute Gasteiger partial charge is 0.167 e. The topological polar surface area (TPSA) is 135 Å². The van der Waals surface area contributed by atoms with Crippen LogP contribution in [0, 0.1) is 0 Å². The fourth-order valence-electron chi connectivity index (χ4n) is 4.47. The van der Waals surface area contributed by atoms with Gasteiger partial charge in [0.2, 0.25) is 0 Å². The standard InChI is InChI=1S/C22H27N5O5/c1-2-7-31-13-4-5-14-12(8-13)3-6-15(14)26-20-17-21(24-10-23-20)27(11-25-17)22-19(30)18(29)16(9-28)32-22/h4-5,8,10-11,15-16,18-19,22,28-30H,2-3,6-7,9H2,1H3,(H,23,24,26). The number of ether oxygens (including phenoxy) is 2. The molecule has 5 unspecified atom stereocenters. The van der Waals surface area contributed by atoms with Gasteiger partial charge < -0.3 is 30.1 Å². The summed E-state index contributed by atoms with van der Waals surface area (Å²) in [6.07, 6.45) is 1.61. The fraction of sp³-hybridized carbons (Fsp3) is 0.500. The highest BCUT2D eigenvalue weighted by molar-refractivity contribution is 5.83. The number of benzene rings is 1. The van der Waals surface area contributed by atoms with E-state index in [0.29, 0.717) is 23.6 Å². The van der Waals surface area contributed by atoms with Crippen LogP contribution in [0.1, 0.15) is 43.2 Å². The summed E-state index contributed by atoms with van der Waals surface area (Å²) in [7, 11) is 0. The lowest BCUT2D eigenvalue weighted by molar-refractivity contribution is -0.0511. The lowest BCUT2D eigenvalue weighted by Gasteiger charge is -2.17.